The number of aryl methyl sites for hydroxylation is 1. The minimum Gasteiger partial charge on any atom is -0.497 e. The molecular formula is C16H15N3O2. The molecule has 3 rings (SSSR count). The van der Waals surface area contributed by atoms with Crippen molar-refractivity contribution < 1.29 is 4.74 Å². The van der Waals surface area contributed by atoms with Crippen molar-refractivity contribution in [2.45, 2.75) is 13.5 Å². The maximum Gasteiger partial charge on any atom is 0.192 e. The summed E-state index contributed by atoms with van der Waals surface area (Å²) in [6.07, 6.45) is 3.35. The van der Waals surface area contributed by atoms with Crippen LogP contribution < -0.4 is 10.2 Å². The number of pyridine rings is 1. The molecule has 2 heterocycles. The molecule has 0 fully saturated rings. The molecule has 0 N–H and O–H groups in total. The monoisotopic (exact) mass is 281 g/mol. The molecule has 1 aromatic carbocycles. The molecule has 0 atom stereocenters. The van der Waals surface area contributed by atoms with Crippen molar-refractivity contribution in [1.29, 1.82) is 0 Å². The van der Waals surface area contributed by atoms with E-state index in [1.807, 2.05) is 35.8 Å². The van der Waals surface area contributed by atoms with Crippen LogP contribution >= 0.6 is 0 Å². The Balaban J connectivity index is 2.17. The topological polar surface area (TPSA) is 57.0 Å². The van der Waals surface area contributed by atoms with E-state index in [9.17, 15) is 4.79 Å². The van der Waals surface area contributed by atoms with Crippen LogP contribution in [0.15, 0.2) is 47.5 Å². The molecule has 0 aliphatic rings. The number of methoxy groups -OCH3 is 1. The molecule has 3 aromatic rings. The maximum absolute atomic E-state index is 11.9. The summed E-state index contributed by atoms with van der Waals surface area (Å²) in [5.74, 6) is 1.38. The van der Waals surface area contributed by atoms with Gasteiger partial charge in [0.1, 0.15) is 11.4 Å². The van der Waals surface area contributed by atoms with Gasteiger partial charge in [-0.05, 0) is 31.2 Å². The molecule has 2 aromatic heterocycles. The second-order valence-electron chi connectivity index (χ2n) is 4.63. The number of hydrogen-bond donors (Lipinski definition) is 0. The molecule has 0 aliphatic carbocycles. The average Bonchev–Trinajstić information content (AvgIpc) is 2.55. The van der Waals surface area contributed by atoms with Gasteiger partial charge in [0, 0.05) is 30.6 Å². The molecule has 5 heteroatoms. The first-order valence-corrected chi connectivity index (χ1v) is 6.73. The van der Waals surface area contributed by atoms with E-state index in [0.717, 1.165) is 17.9 Å². The van der Waals surface area contributed by atoms with Crippen molar-refractivity contribution in [2.24, 2.45) is 0 Å². The Morgan fingerprint density at radius 3 is 2.62 bits per heavy atom. The van der Waals surface area contributed by atoms with Crippen LogP contribution in [0.3, 0.4) is 0 Å². The quantitative estimate of drug-likeness (QED) is 0.740. The highest BCUT2D eigenvalue weighted by Crippen LogP contribution is 2.20. The molecule has 0 amide bonds. The lowest BCUT2D eigenvalue weighted by atomic mass is 10.2. The van der Waals surface area contributed by atoms with E-state index < -0.39 is 0 Å². The Labute approximate surface area is 121 Å². The second-order valence-corrected chi connectivity index (χ2v) is 4.63. The molecule has 0 radical (unpaired) electrons. The second kappa shape index (κ2) is 5.36. The lowest BCUT2D eigenvalue weighted by Gasteiger charge is -2.08. The number of ether oxygens (including phenoxy) is 1. The van der Waals surface area contributed by atoms with Gasteiger partial charge in [-0.2, -0.15) is 0 Å². The summed E-state index contributed by atoms with van der Waals surface area (Å²) in [5.41, 5.74) is 1.48. The van der Waals surface area contributed by atoms with Gasteiger partial charge < -0.3 is 9.30 Å². The van der Waals surface area contributed by atoms with Gasteiger partial charge in [-0.25, -0.2) is 9.97 Å². The van der Waals surface area contributed by atoms with Gasteiger partial charge >= 0.3 is 0 Å². The zero-order valence-electron chi connectivity index (χ0n) is 11.9. The van der Waals surface area contributed by atoms with Crippen LogP contribution in [0.1, 0.15) is 6.92 Å². The first kappa shape index (κ1) is 13.3. The molecule has 106 valence electrons. The Morgan fingerprint density at radius 2 is 1.95 bits per heavy atom. The van der Waals surface area contributed by atoms with Crippen molar-refractivity contribution in [3.05, 3.63) is 52.9 Å². The van der Waals surface area contributed by atoms with Crippen LogP contribution in [-0.4, -0.2) is 21.6 Å². The molecule has 0 saturated carbocycles. The minimum absolute atomic E-state index is 0.0593. The van der Waals surface area contributed by atoms with Gasteiger partial charge in [-0.1, -0.05) is 0 Å². The van der Waals surface area contributed by atoms with Crippen LogP contribution in [0.5, 0.6) is 5.75 Å². The highest BCUT2D eigenvalue weighted by Gasteiger charge is 2.08. The summed E-state index contributed by atoms with van der Waals surface area (Å²) in [6.45, 7) is 2.76. The van der Waals surface area contributed by atoms with Crippen molar-refractivity contribution in [2.75, 3.05) is 7.11 Å². The van der Waals surface area contributed by atoms with Gasteiger partial charge in [-0.3, -0.25) is 4.79 Å². The van der Waals surface area contributed by atoms with E-state index in [1.165, 1.54) is 0 Å². The third-order valence-corrected chi connectivity index (χ3v) is 3.40. The van der Waals surface area contributed by atoms with E-state index in [0.29, 0.717) is 16.9 Å². The number of benzene rings is 1. The van der Waals surface area contributed by atoms with Crippen LogP contribution in [0, 0.1) is 0 Å². The van der Waals surface area contributed by atoms with Crippen LogP contribution in [0.25, 0.3) is 22.4 Å². The average molecular weight is 281 g/mol. The summed E-state index contributed by atoms with van der Waals surface area (Å²) < 4.78 is 7.08. The third-order valence-electron chi connectivity index (χ3n) is 3.40. The Bertz CT molecular complexity index is 838. The SMILES string of the molecule is CCn1ccc(=O)c2cnc(-c3ccc(OC)cc3)nc21. The molecule has 0 unspecified atom stereocenters. The Kier molecular flexibility index (Phi) is 3.39. The van der Waals surface area contributed by atoms with Crippen molar-refractivity contribution >= 4 is 11.0 Å². The number of fused-ring (bicyclic) bond motifs is 1. The zero-order chi connectivity index (χ0) is 14.8. The molecule has 0 saturated heterocycles. The van der Waals surface area contributed by atoms with E-state index in [1.54, 1.807) is 25.6 Å². The van der Waals surface area contributed by atoms with Crippen molar-refractivity contribution in [1.82, 2.24) is 14.5 Å². The normalized spacial score (nSPS) is 10.8. The zero-order valence-corrected chi connectivity index (χ0v) is 11.9. The first-order chi connectivity index (χ1) is 10.2. The number of aromatic nitrogens is 3. The van der Waals surface area contributed by atoms with Gasteiger partial charge in [0.05, 0.1) is 12.5 Å². The van der Waals surface area contributed by atoms with E-state index in [2.05, 4.69) is 9.97 Å². The first-order valence-electron chi connectivity index (χ1n) is 6.73. The van der Waals surface area contributed by atoms with Crippen molar-refractivity contribution in [3.63, 3.8) is 0 Å². The molecule has 0 aliphatic heterocycles. The lowest BCUT2D eigenvalue weighted by Crippen LogP contribution is -2.09. The fraction of sp³-hybridized carbons (Fsp3) is 0.188. The molecule has 21 heavy (non-hydrogen) atoms. The third kappa shape index (κ3) is 2.38. The highest BCUT2D eigenvalue weighted by molar-refractivity contribution is 5.76. The Hall–Kier alpha value is -2.69. The van der Waals surface area contributed by atoms with Crippen LogP contribution in [0.2, 0.25) is 0 Å². The van der Waals surface area contributed by atoms with Crippen LogP contribution in [-0.2, 0) is 6.54 Å². The Morgan fingerprint density at radius 1 is 1.19 bits per heavy atom. The summed E-state index contributed by atoms with van der Waals surface area (Å²) in [5, 5.41) is 0.539. The summed E-state index contributed by atoms with van der Waals surface area (Å²) in [6, 6.07) is 9.07. The molecule has 0 bridgehead atoms. The fourth-order valence-corrected chi connectivity index (χ4v) is 2.22. The van der Waals surface area contributed by atoms with E-state index >= 15 is 0 Å². The highest BCUT2D eigenvalue weighted by atomic mass is 16.5. The number of hydrogen-bond acceptors (Lipinski definition) is 4. The smallest absolute Gasteiger partial charge is 0.192 e. The van der Waals surface area contributed by atoms with Gasteiger partial charge in [0.2, 0.25) is 0 Å². The van der Waals surface area contributed by atoms with Gasteiger partial charge in [0.25, 0.3) is 0 Å². The summed E-state index contributed by atoms with van der Waals surface area (Å²) in [7, 11) is 1.63. The van der Waals surface area contributed by atoms with Crippen LogP contribution in [0.4, 0.5) is 0 Å². The number of rotatable bonds is 3. The predicted molar refractivity (Wildman–Crippen MR) is 81.5 cm³/mol. The molecule has 0 spiro atoms. The van der Waals surface area contributed by atoms with E-state index in [4.69, 9.17) is 4.74 Å². The van der Waals surface area contributed by atoms with Gasteiger partial charge in [0.15, 0.2) is 11.3 Å². The lowest BCUT2D eigenvalue weighted by molar-refractivity contribution is 0.415. The van der Waals surface area contributed by atoms with Gasteiger partial charge in [-0.15, -0.1) is 0 Å². The maximum atomic E-state index is 11.9. The molecule has 5 nitrogen and oxygen atoms in total. The predicted octanol–water partition coefficient (Wildman–Crippen LogP) is 2.49. The summed E-state index contributed by atoms with van der Waals surface area (Å²) >= 11 is 0. The minimum atomic E-state index is -0.0593. The fourth-order valence-electron chi connectivity index (χ4n) is 2.22. The molecular weight excluding hydrogens is 266 g/mol. The van der Waals surface area contributed by atoms with Crippen molar-refractivity contribution in [3.8, 4) is 17.1 Å². The summed E-state index contributed by atoms with van der Waals surface area (Å²) in [4.78, 5) is 20.7. The number of nitrogens with zero attached hydrogens (tertiary/aromatic N) is 3. The standard InChI is InChI=1S/C16H15N3O2/c1-3-19-9-8-14(20)13-10-17-15(18-16(13)19)11-4-6-12(21-2)7-5-11/h4-10H,3H2,1-2H3. The largest absolute Gasteiger partial charge is 0.497 e. The van der Waals surface area contributed by atoms with E-state index in [-0.39, 0.29) is 5.43 Å².